The number of carbonyl (C=O) groups excluding carboxylic acids is 1. The van der Waals surface area contributed by atoms with Crippen LogP contribution in [0, 0.1) is 0 Å². The SMILES string of the molecule is CC(C)N1CCN(C(=O)c2ccc3cc(CCN)ccc3c2)CC1. The second-order valence-electron chi connectivity index (χ2n) is 6.86. The molecule has 1 saturated heterocycles. The first-order chi connectivity index (χ1) is 11.6. The molecule has 2 aromatic rings. The summed E-state index contributed by atoms with van der Waals surface area (Å²) in [5.41, 5.74) is 7.65. The maximum Gasteiger partial charge on any atom is 0.253 e. The zero-order valence-corrected chi connectivity index (χ0v) is 14.7. The van der Waals surface area contributed by atoms with Gasteiger partial charge in [0.1, 0.15) is 0 Å². The molecule has 3 rings (SSSR count). The summed E-state index contributed by atoms with van der Waals surface area (Å²) in [4.78, 5) is 17.2. The fraction of sp³-hybridized carbons (Fsp3) is 0.450. The molecule has 0 atom stereocenters. The van der Waals surface area contributed by atoms with E-state index in [0.717, 1.165) is 43.5 Å². The van der Waals surface area contributed by atoms with E-state index in [2.05, 4.69) is 36.9 Å². The van der Waals surface area contributed by atoms with Gasteiger partial charge in [-0.2, -0.15) is 0 Å². The molecule has 1 aliphatic rings. The summed E-state index contributed by atoms with van der Waals surface area (Å²) < 4.78 is 0. The van der Waals surface area contributed by atoms with E-state index in [9.17, 15) is 4.79 Å². The van der Waals surface area contributed by atoms with Gasteiger partial charge in [-0.25, -0.2) is 0 Å². The third-order valence-electron chi connectivity index (χ3n) is 4.92. The molecule has 128 valence electrons. The lowest BCUT2D eigenvalue weighted by Crippen LogP contribution is -2.50. The van der Waals surface area contributed by atoms with Crippen molar-refractivity contribution in [3.05, 3.63) is 47.5 Å². The minimum Gasteiger partial charge on any atom is -0.336 e. The van der Waals surface area contributed by atoms with Crippen molar-refractivity contribution in [2.24, 2.45) is 5.73 Å². The number of hydrogen-bond donors (Lipinski definition) is 1. The summed E-state index contributed by atoms with van der Waals surface area (Å²) in [7, 11) is 0. The number of benzene rings is 2. The molecule has 2 N–H and O–H groups in total. The van der Waals surface area contributed by atoms with Gasteiger partial charge >= 0.3 is 0 Å². The average Bonchev–Trinajstić information content (AvgIpc) is 2.61. The van der Waals surface area contributed by atoms with Crippen LogP contribution in [0.3, 0.4) is 0 Å². The highest BCUT2D eigenvalue weighted by molar-refractivity contribution is 5.98. The summed E-state index contributed by atoms with van der Waals surface area (Å²) in [6, 6.07) is 12.9. The van der Waals surface area contributed by atoms with Crippen molar-refractivity contribution < 1.29 is 4.79 Å². The van der Waals surface area contributed by atoms with Gasteiger partial charge < -0.3 is 10.6 Å². The number of piperazine rings is 1. The Labute approximate surface area is 144 Å². The second kappa shape index (κ2) is 7.32. The van der Waals surface area contributed by atoms with Crippen LogP contribution in [-0.2, 0) is 6.42 Å². The molecular weight excluding hydrogens is 298 g/mol. The fourth-order valence-corrected chi connectivity index (χ4v) is 3.37. The Balaban J connectivity index is 1.74. The zero-order valence-electron chi connectivity index (χ0n) is 14.7. The number of amides is 1. The summed E-state index contributed by atoms with van der Waals surface area (Å²) in [5.74, 6) is 0.145. The molecule has 0 bridgehead atoms. The van der Waals surface area contributed by atoms with E-state index in [1.165, 1.54) is 10.9 Å². The Morgan fingerprint density at radius 3 is 2.38 bits per heavy atom. The molecule has 24 heavy (non-hydrogen) atoms. The molecule has 1 heterocycles. The van der Waals surface area contributed by atoms with Gasteiger partial charge in [0.15, 0.2) is 0 Å². The monoisotopic (exact) mass is 325 g/mol. The van der Waals surface area contributed by atoms with Crippen LogP contribution in [0.15, 0.2) is 36.4 Å². The predicted molar refractivity (Wildman–Crippen MR) is 99.3 cm³/mol. The smallest absolute Gasteiger partial charge is 0.253 e. The van der Waals surface area contributed by atoms with Crippen molar-refractivity contribution in [1.29, 1.82) is 0 Å². The number of carbonyl (C=O) groups is 1. The lowest BCUT2D eigenvalue weighted by Gasteiger charge is -2.37. The van der Waals surface area contributed by atoms with Gasteiger partial charge in [0.25, 0.3) is 5.91 Å². The predicted octanol–water partition coefficient (Wildman–Crippen LogP) is 2.51. The molecule has 0 saturated carbocycles. The summed E-state index contributed by atoms with van der Waals surface area (Å²) >= 11 is 0. The number of nitrogens with zero attached hydrogens (tertiary/aromatic N) is 2. The molecule has 4 nitrogen and oxygen atoms in total. The molecule has 1 aliphatic heterocycles. The first kappa shape index (κ1) is 16.9. The molecule has 0 aliphatic carbocycles. The first-order valence-electron chi connectivity index (χ1n) is 8.84. The lowest BCUT2D eigenvalue weighted by molar-refractivity contribution is 0.0595. The van der Waals surface area contributed by atoms with Gasteiger partial charge in [-0.05, 0) is 55.3 Å². The minimum absolute atomic E-state index is 0.145. The first-order valence-corrected chi connectivity index (χ1v) is 8.84. The van der Waals surface area contributed by atoms with Crippen LogP contribution in [-0.4, -0.2) is 54.5 Å². The van der Waals surface area contributed by atoms with Gasteiger partial charge in [-0.3, -0.25) is 9.69 Å². The molecule has 2 aromatic carbocycles. The molecule has 4 heteroatoms. The molecule has 0 aromatic heterocycles. The van der Waals surface area contributed by atoms with E-state index in [1.54, 1.807) is 0 Å². The van der Waals surface area contributed by atoms with E-state index in [0.29, 0.717) is 12.6 Å². The molecule has 1 amide bonds. The highest BCUT2D eigenvalue weighted by Crippen LogP contribution is 2.20. The Morgan fingerprint density at radius 1 is 1.04 bits per heavy atom. The fourth-order valence-electron chi connectivity index (χ4n) is 3.37. The molecule has 0 unspecified atom stereocenters. The highest BCUT2D eigenvalue weighted by atomic mass is 16.2. The minimum atomic E-state index is 0.145. The van der Waals surface area contributed by atoms with Gasteiger partial charge in [-0.15, -0.1) is 0 Å². The molecular formula is C20H27N3O. The van der Waals surface area contributed by atoms with Crippen LogP contribution in [0.2, 0.25) is 0 Å². The van der Waals surface area contributed by atoms with Crippen molar-refractivity contribution in [3.8, 4) is 0 Å². The normalized spacial score (nSPS) is 16.1. The van der Waals surface area contributed by atoms with E-state index in [-0.39, 0.29) is 5.91 Å². The van der Waals surface area contributed by atoms with Crippen LogP contribution in [0.1, 0.15) is 29.8 Å². The van der Waals surface area contributed by atoms with Crippen molar-refractivity contribution in [1.82, 2.24) is 9.80 Å². The number of fused-ring (bicyclic) bond motifs is 1. The van der Waals surface area contributed by atoms with Crippen LogP contribution in [0.25, 0.3) is 10.8 Å². The molecule has 0 spiro atoms. The van der Waals surface area contributed by atoms with Gasteiger partial charge in [0.05, 0.1) is 0 Å². The maximum atomic E-state index is 12.8. The largest absolute Gasteiger partial charge is 0.336 e. The third-order valence-corrected chi connectivity index (χ3v) is 4.92. The Bertz CT molecular complexity index is 718. The van der Waals surface area contributed by atoms with E-state index < -0.39 is 0 Å². The van der Waals surface area contributed by atoms with Crippen LogP contribution in [0.4, 0.5) is 0 Å². The van der Waals surface area contributed by atoms with Crippen molar-refractivity contribution in [2.45, 2.75) is 26.3 Å². The van der Waals surface area contributed by atoms with Crippen LogP contribution < -0.4 is 5.73 Å². The number of rotatable bonds is 4. The Morgan fingerprint density at radius 2 is 1.71 bits per heavy atom. The van der Waals surface area contributed by atoms with Crippen LogP contribution >= 0.6 is 0 Å². The van der Waals surface area contributed by atoms with Gasteiger partial charge in [-0.1, -0.05) is 24.3 Å². The third kappa shape index (κ3) is 3.60. The van der Waals surface area contributed by atoms with Gasteiger partial charge in [0, 0.05) is 37.8 Å². The second-order valence-corrected chi connectivity index (χ2v) is 6.86. The summed E-state index contributed by atoms with van der Waals surface area (Å²) in [5, 5.41) is 2.28. The topological polar surface area (TPSA) is 49.6 Å². The summed E-state index contributed by atoms with van der Waals surface area (Å²) in [6.45, 7) is 8.61. The zero-order chi connectivity index (χ0) is 17.1. The lowest BCUT2D eigenvalue weighted by atomic mass is 10.0. The summed E-state index contributed by atoms with van der Waals surface area (Å²) in [6.07, 6.45) is 0.886. The van der Waals surface area contributed by atoms with E-state index in [1.807, 2.05) is 23.1 Å². The van der Waals surface area contributed by atoms with Crippen LogP contribution in [0.5, 0.6) is 0 Å². The number of nitrogens with two attached hydrogens (primary N) is 1. The molecule has 0 radical (unpaired) electrons. The van der Waals surface area contributed by atoms with Crippen molar-refractivity contribution in [2.75, 3.05) is 32.7 Å². The number of hydrogen-bond acceptors (Lipinski definition) is 3. The van der Waals surface area contributed by atoms with Crippen molar-refractivity contribution >= 4 is 16.7 Å². The van der Waals surface area contributed by atoms with E-state index in [4.69, 9.17) is 5.73 Å². The van der Waals surface area contributed by atoms with E-state index >= 15 is 0 Å². The maximum absolute atomic E-state index is 12.8. The standard InChI is InChI=1S/C20H27N3O/c1-15(2)22-9-11-23(12-10-22)20(24)19-6-5-17-13-16(7-8-21)3-4-18(17)14-19/h3-6,13-15H,7-12,21H2,1-2H3. The van der Waals surface area contributed by atoms with Crippen molar-refractivity contribution in [3.63, 3.8) is 0 Å². The molecule has 1 fully saturated rings. The highest BCUT2D eigenvalue weighted by Gasteiger charge is 2.23. The van der Waals surface area contributed by atoms with Gasteiger partial charge in [0.2, 0.25) is 0 Å². The average molecular weight is 325 g/mol. The Kier molecular flexibility index (Phi) is 5.17. The Hall–Kier alpha value is -1.91. The quantitative estimate of drug-likeness (QED) is 0.940.